The van der Waals surface area contributed by atoms with Gasteiger partial charge >= 0.3 is 6.03 Å². The van der Waals surface area contributed by atoms with Crippen molar-refractivity contribution in [2.24, 2.45) is 0 Å². The van der Waals surface area contributed by atoms with Crippen molar-refractivity contribution in [2.75, 3.05) is 13.1 Å². The lowest BCUT2D eigenvalue weighted by Crippen LogP contribution is -2.41. The minimum Gasteiger partial charge on any atom is -0.338 e. The van der Waals surface area contributed by atoms with E-state index in [1.54, 1.807) is 11.3 Å². The molecule has 0 bridgehead atoms. The van der Waals surface area contributed by atoms with Crippen molar-refractivity contribution in [1.82, 2.24) is 19.6 Å². The molecule has 0 aliphatic rings. The average Bonchev–Trinajstić information content (AvgIpc) is 3.39. The van der Waals surface area contributed by atoms with E-state index in [2.05, 4.69) is 52.5 Å². The molecule has 4 aromatic rings. The summed E-state index contributed by atoms with van der Waals surface area (Å²) in [5, 5.41) is 5.21. The monoisotopic (exact) mass is 432 g/mol. The lowest BCUT2D eigenvalue weighted by Gasteiger charge is -2.23. The summed E-state index contributed by atoms with van der Waals surface area (Å²) in [7, 11) is 0. The Balaban J connectivity index is 1.48. The number of fused-ring (bicyclic) bond motifs is 1. The highest BCUT2D eigenvalue weighted by Crippen LogP contribution is 2.24. The van der Waals surface area contributed by atoms with Crippen LogP contribution in [-0.4, -0.2) is 33.4 Å². The Kier molecular flexibility index (Phi) is 6.99. The van der Waals surface area contributed by atoms with Gasteiger partial charge in [-0.05, 0) is 12.0 Å². The van der Waals surface area contributed by atoms with Crippen LogP contribution in [0.1, 0.15) is 31.0 Å². The number of hydrogen-bond acceptors (Lipinski definition) is 3. The Hall–Kier alpha value is -3.12. The minimum absolute atomic E-state index is 0.000572. The van der Waals surface area contributed by atoms with Crippen molar-refractivity contribution in [2.45, 2.75) is 32.7 Å². The maximum absolute atomic E-state index is 12.8. The molecule has 2 heterocycles. The smallest absolute Gasteiger partial charge is 0.317 e. The SMILES string of the molecule is CCCCNC(=O)N(CCc1csc2nc(-c3ccccc3)cn12)Cc1ccccc1. The molecule has 0 fully saturated rings. The van der Waals surface area contributed by atoms with Crippen LogP contribution in [0.5, 0.6) is 0 Å². The molecule has 5 nitrogen and oxygen atoms in total. The molecule has 0 saturated heterocycles. The number of aromatic nitrogens is 2. The molecule has 2 amide bonds. The van der Waals surface area contributed by atoms with Crippen molar-refractivity contribution >= 4 is 22.3 Å². The van der Waals surface area contributed by atoms with E-state index in [0.29, 0.717) is 19.6 Å². The van der Waals surface area contributed by atoms with Crippen LogP contribution < -0.4 is 5.32 Å². The number of urea groups is 1. The second-order valence-corrected chi connectivity index (χ2v) is 8.45. The number of unbranched alkanes of at least 4 members (excludes halogenated alkanes) is 1. The molecule has 4 rings (SSSR count). The predicted molar refractivity (Wildman–Crippen MR) is 127 cm³/mol. The van der Waals surface area contributed by atoms with Crippen LogP contribution in [0.25, 0.3) is 16.2 Å². The number of nitrogens with zero attached hydrogens (tertiary/aromatic N) is 3. The number of carbonyl (C=O) groups is 1. The summed E-state index contributed by atoms with van der Waals surface area (Å²) in [5.74, 6) is 0. The molecule has 2 aromatic heterocycles. The van der Waals surface area contributed by atoms with Crippen molar-refractivity contribution < 1.29 is 4.79 Å². The van der Waals surface area contributed by atoms with Crippen molar-refractivity contribution in [3.05, 3.63) is 83.5 Å². The Morgan fingerprint density at radius 2 is 1.84 bits per heavy atom. The zero-order valence-corrected chi connectivity index (χ0v) is 18.6. The molecule has 2 aromatic carbocycles. The van der Waals surface area contributed by atoms with Gasteiger partial charge in [0, 0.05) is 48.9 Å². The number of thiazole rings is 1. The summed E-state index contributed by atoms with van der Waals surface area (Å²) in [6, 6.07) is 20.4. The van der Waals surface area contributed by atoms with Gasteiger partial charge in [-0.15, -0.1) is 11.3 Å². The normalized spacial score (nSPS) is 11.0. The van der Waals surface area contributed by atoms with Crippen LogP contribution in [0, 0.1) is 0 Å². The molecule has 31 heavy (non-hydrogen) atoms. The molecule has 0 saturated carbocycles. The number of imidazole rings is 1. The summed E-state index contributed by atoms with van der Waals surface area (Å²) in [6.07, 6.45) is 4.93. The molecule has 0 radical (unpaired) electrons. The second-order valence-electron chi connectivity index (χ2n) is 7.61. The van der Waals surface area contributed by atoms with Crippen molar-refractivity contribution in [3.8, 4) is 11.3 Å². The van der Waals surface area contributed by atoms with Gasteiger partial charge in [-0.25, -0.2) is 9.78 Å². The number of carbonyl (C=O) groups excluding carboxylic acids is 1. The molecule has 0 unspecified atom stereocenters. The van der Waals surface area contributed by atoms with E-state index in [9.17, 15) is 4.79 Å². The zero-order chi connectivity index (χ0) is 21.5. The maximum atomic E-state index is 12.8. The molecule has 0 aliphatic carbocycles. The van der Waals surface area contributed by atoms with Crippen molar-refractivity contribution in [1.29, 1.82) is 0 Å². The van der Waals surface area contributed by atoms with Crippen LogP contribution >= 0.6 is 11.3 Å². The lowest BCUT2D eigenvalue weighted by atomic mass is 10.2. The van der Waals surface area contributed by atoms with E-state index < -0.39 is 0 Å². The Bertz CT molecular complexity index is 1100. The van der Waals surface area contributed by atoms with Crippen LogP contribution in [0.15, 0.2) is 72.2 Å². The first-order chi connectivity index (χ1) is 15.2. The molecular formula is C25H28N4OS. The van der Waals surface area contributed by atoms with E-state index in [4.69, 9.17) is 4.98 Å². The first-order valence-electron chi connectivity index (χ1n) is 10.8. The topological polar surface area (TPSA) is 49.6 Å². The van der Waals surface area contributed by atoms with Gasteiger partial charge in [0.2, 0.25) is 0 Å². The number of benzene rings is 2. The maximum Gasteiger partial charge on any atom is 0.317 e. The van der Waals surface area contributed by atoms with Gasteiger partial charge in [-0.2, -0.15) is 0 Å². The first-order valence-corrected chi connectivity index (χ1v) is 11.7. The largest absolute Gasteiger partial charge is 0.338 e. The number of hydrogen-bond donors (Lipinski definition) is 1. The number of nitrogens with one attached hydrogen (secondary N) is 1. The first kappa shape index (κ1) is 21.1. The third kappa shape index (κ3) is 5.33. The molecule has 1 N–H and O–H groups in total. The van der Waals surface area contributed by atoms with Crippen LogP contribution in [0.2, 0.25) is 0 Å². The van der Waals surface area contributed by atoms with Gasteiger partial charge < -0.3 is 10.2 Å². The van der Waals surface area contributed by atoms with E-state index >= 15 is 0 Å². The van der Waals surface area contributed by atoms with E-state index in [-0.39, 0.29) is 6.03 Å². The molecule has 0 spiro atoms. The molecule has 160 valence electrons. The quantitative estimate of drug-likeness (QED) is 0.349. The van der Waals surface area contributed by atoms with Gasteiger partial charge in [0.1, 0.15) is 0 Å². The minimum atomic E-state index is -0.000572. The fraction of sp³-hybridized carbons (Fsp3) is 0.280. The van der Waals surface area contributed by atoms with Crippen LogP contribution in [-0.2, 0) is 13.0 Å². The summed E-state index contributed by atoms with van der Waals surface area (Å²) in [6.45, 7) is 4.10. The van der Waals surface area contributed by atoms with E-state index in [1.807, 2.05) is 41.3 Å². The highest BCUT2D eigenvalue weighted by Gasteiger charge is 2.16. The highest BCUT2D eigenvalue weighted by molar-refractivity contribution is 7.15. The number of rotatable bonds is 9. The van der Waals surface area contributed by atoms with Gasteiger partial charge in [0.05, 0.1) is 5.69 Å². The van der Waals surface area contributed by atoms with Crippen molar-refractivity contribution in [3.63, 3.8) is 0 Å². The zero-order valence-electron chi connectivity index (χ0n) is 17.8. The molecular weight excluding hydrogens is 404 g/mol. The fourth-order valence-electron chi connectivity index (χ4n) is 3.55. The predicted octanol–water partition coefficient (Wildman–Crippen LogP) is 5.62. The summed E-state index contributed by atoms with van der Waals surface area (Å²) in [5.41, 5.74) is 4.41. The Labute approximate surface area is 187 Å². The molecule has 0 aliphatic heterocycles. The van der Waals surface area contributed by atoms with Crippen LogP contribution in [0.3, 0.4) is 0 Å². The summed E-state index contributed by atoms with van der Waals surface area (Å²) < 4.78 is 2.16. The summed E-state index contributed by atoms with van der Waals surface area (Å²) in [4.78, 5) is 20.5. The average molecular weight is 433 g/mol. The summed E-state index contributed by atoms with van der Waals surface area (Å²) >= 11 is 1.64. The van der Waals surface area contributed by atoms with E-state index in [1.165, 1.54) is 5.69 Å². The van der Waals surface area contributed by atoms with Crippen LogP contribution in [0.4, 0.5) is 4.79 Å². The highest BCUT2D eigenvalue weighted by atomic mass is 32.1. The second kappa shape index (κ2) is 10.3. The van der Waals surface area contributed by atoms with Gasteiger partial charge in [-0.1, -0.05) is 74.0 Å². The lowest BCUT2D eigenvalue weighted by molar-refractivity contribution is 0.195. The van der Waals surface area contributed by atoms with Gasteiger partial charge in [0.25, 0.3) is 0 Å². The molecule has 0 atom stereocenters. The third-order valence-electron chi connectivity index (χ3n) is 5.30. The molecule has 6 heteroatoms. The van der Waals surface area contributed by atoms with Gasteiger partial charge in [-0.3, -0.25) is 4.40 Å². The third-order valence-corrected chi connectivity index (χ3v) is 6.19. The Morgan fingerprint density at radius 1 is 1.10 bits per heavy atom. The standard InChI is InChI=1S/C25H28N4OS/c1-2-3-15-26-24(30)28(17-20-10-6-4-7-11-20)16-14-22-19-31-25-27-23(18-29(22)25)21-12-8-5-9-13-21/h4-13,18-19H,2-3,14-17H2,1H3,(H,26,30). The number of amides is 2. The fourth-order valence-corrected chi connectivity index (χ4v) is 4.45. The Morgan fingerprint density at radius 3 is 2.58 bits per heavy atom. The van der Waals surface area contributed by atoms with Gasteiger partial charge in [0.15, 0.2) is 4.96 Å². The van der Waals surface area contributed by atoms with E-state index in [0.717, 1.165) is 41.0 Å².